The smallest absolute Gasteiger partial charge is 0.407 e. The van der Waals surface area contributed by atoms with E-state index in [-0.39, 0.29) is 31.5 Å². The molecule has 1 heterocycles. The number of amides is 2. The van der Waals surface area contributed by atoms with Crippen molar-refractivity contribution in [2.75, 3.05) is 18.1 Å². The van der Waals surface area contributed by atoms with E-state index in [4.69, 9.17) is 9.47 Å². The van der Waals surface area contributed by atoms with E-state index < -0.39 is 17.7 Å². The van der Waals surface area contributed by atoms with Crippen LogP contribution in [0, 0.1) is 0 Å². The van der Waals surface area contributed by atoms with Crippen LogP contribution >= 0.6 is 0 Å². The van der Waals surface area contributed by atoms with Gasteiger partial charge in [-0.3, -0.25) is 9.59 Å². The van der Waals surface area contributed by atoms with E-state index >= 15 is 0 Å². The lowest BCUT2D eigenvalue weighted by molar-refractivity contribution is -0.147. The number of rotatable bonds is 5. The van der Waals surface area contributed by atoms with Gasteiger partial charge in [-0.25, -0.2) is 4.79 Å². The van der Waals surface area contributed by atoms with Crippen molar-refractivity contribution in [2.24, 2.45) is 0 Å². The molecule has 1 atom stereocenters. The molecular weight excluding hydrogens is 348 g/mol. The van der Waals surface area contributed by atoms with Gasteiger partial charge in [0, 0.05) is 18.3 Å². The van der Waals surface area contributed by atoms with Crippen molar-refractivity contribution >= 4 is 23.7 Å². The summed E-state index contributed by atoms with van der Waals surface area (Å²) in [5.74, 6) is -0.791. The van der Waals surface area contributed by atoms with Crippen LogP contribution in [0.2, 0.25) is 0 Å². The zero-order chi connectivity index (χ0) is 20.0. The monoisotopic (exact) mass is 376 g/mol. The van der Waals surface area contributed by atoms with E-state index in [9.17, 15) is 14.4 Å². The van der Waals surface area contributed by atoms with Gasteiger partial charge in [-0.2, -0.15) is 0 Å². The first-order chi connectivity index (χ1) is 12.7. The van der Waals surface area contributed by atoms with Gasteiger partial charge in [-0.15, -0.1) is 0 Å². The molecule has 27 heavy (non-hydrogen) atoms. The summed E-state index contributed by atoms with van der Waals surface area (Å²) in [6.45, 7) is 7.03. The molecule has 0 aliphatic carbocycles. The molecular formula is C20H28N2O5. The highest BCUT2D eigenvalue weighted by Gasteiger charge is 2.28. The van der Waals surface area contributed by atoms with Gasteiger partial charge in [0.25, 0.3) is 5.91 Å². The largest absolute Gasteiger partial charge is 0.455 e. The lowest BCUT2D eigenvalue weighted by Crippen LogP contribution is -2.44. The van der Waals surface area contributed by atoms with E-state index in [1.165, 1.54) is 0 Å². The van der Waals surface area contributed by atoms with Crippen LogP contribution in [0.4, 0.5) is 10.5 Å². The van der Waals surface area contributed by atoms with Gasteiger partial charge < -0.3 is 19.7 Å². The van der Waals surface area contributed by atoms with Crippen molar-refractivity contribution < 1.29 is 23.9 Å². The van der Waals surface area contributed by atoms with Gasteiger partial charge >= 0.3 is 12.1 Å². The third-order valence-electron chi connectivity index (χ3n) is 4.15. The summed E-state index contributed by atoms with van der Waals surface area (Å²) in [6.07, 6.45) is 1.18. The number of nitrogens with one attached hydrogen (secondary N) is 1. The fourth-order valence-corrected chi connectivity index (χ4v) is 2.93. The predicted octanol–water partition coefficient (Wildman–Crippen LogP) is 2.81. The Morgan fingerprint density at radius 2 is 1.93 bits per heavy atom. The van der Waals surface area contributed by atoms with Gasteiger partial charge in [0.1, 0.15) is 5.60 Å². The molecule has 0 fully saturated rings. The standard InChI is InChI=1S/C20H28N2O5/c1-14-9-10-15-7-5-6-8-16(15)22(14)17(23)13-26-18(24)11-12-21-19(25)27-20(2,3)4/h5-8,14H,9-13H2,1-4H3,(H,21,25). The molecule has 0 bridgehead atoms. The molecule has 1 aromatic rings. The average molecular weight is 376 g/mol. The Bertz CT molecular complexity index is 696. The molecule has 7 nitrogen and oxygen atoms in total. The number of esters is 1. The maximum Gasteiger partial charge on any atom is 0.407 e. The maximum atomic E-state index is 12.6. The number of carbonyl (C=O) groups is 3. The number of alkyl carbamates (subject to hydrolysis) is 1. The maximum absolute atomic E-state index is 12.6. The van der Waals surface area contributed by atoms with Crippen LogP contribution in [0.5, 0.6) is 0 Å². The van der Waals surface area contributed by atoms with Crippen molar-refractivity contribution in [3.05, 3.63) is 29.8 Å². The molecule has 1 unspecified atom stereocenters. The van der Waals surface area contributed by atoms with E-state index in [1.54, 1.807) is 25.7 Å². The highest BCUT2D eigenvalue weighted by molar-refractivity contribution is 5.96. The third-order valence-corrected chi connectivity index (χ3v) is 4.15. The lowest BCUT2D eigenvalue weighted by atomic mass is 9.96. The lowest BCUT2D eigenvalue weighted by Gasteiger charge is -2.35. The number of benzene rings is 1. The molecule has 2 amide bonds. The number of anilines is 1. The molecule has 0 aromatic heterocycles. The average Bonchev–Trinajstić information content (AvgIpc) is 2.58. The number of fused-ring (bicyclic) bond motifs is 1. The number of hydrogen-bond acceptors (Lipinski definition) is 5. The van der Waals surface area contributed by atoms with Crippen LogP contribution in [-0.2, 0) is 25.5 Å². The molecule has 7 heteroatoms. The van der Waals surface area contributed by atoms with E-state index in [0.29, 0.717) is 0 Å². The molecule has 1 aromatic carbocycles. The van der Waals surface area contributed by atoms with Crippen LogP contribution in [0.25, 0.3) is 0 Å². The van der Waals surface area contributed by atoms with Gasteiger partial charge in [0.15, 0.2) is 6.61 Å². The quantitative estimate of drug-likeness (QED) is 0.799. The summed E-state index contributed by atoms with van der Waals surface area (Å²) in [4.78, 5) is 37.6. The van der Waals surface area contributed by atoms with Gasteiger partial charge in [0.2, 0.25) is 0 Å². The summed E-state index contributed by atoms with van der Waals surface area (Å²) in [6, 6.07) is 7.83. The van der Waals surface area contributed by atoms with E-state index in [0.717, 1.165) is 24.1 Å². The van der Waals surface area contributed by atoms with Crippen LogP contribution in [0.15, 0.2) is 24.3 Å². The summed E-state index contributed by atoms with van der Waals surface area (Å²) in [5.41, 5.74) is 1.40. The SMILES string of the molecule is CC1CCc2ccccc2N1C(=O)COC(=O)CCNC(=O)OC(C)(C)C. The minimum absolute atomic E-state index is 0.0291. The number of aryl methyl sites for hydroxylation is 1. The van der Waals surface area contributed by atoms with Crippen LogP contribution in [0.1, 0.15) is 46.1 Å². The Morgan fingerprint density at radius 1 is 1.22 bits per heavy atom. The first kappa shape index (κ1) is 20.7. The Balaban J connectivity index is 1.78. The zero-order valence-corrected chi connectivity index (χ0v) is 16.4. The molecule has 1 aliphatic heterocycles. The third kappa shape index (κ3) is 6.27. The summed E-state index contributed by atoms with van der Waals surface area (Å²) in [7, 11) is 0. The second-order valence-electron chi connectivity index (χ2n) is 7.62. The fraction of sp³-hybridized carbons (Fsp3) is 0.550. The van der Waals surface area contributed by atoms with E-state index in [2.05, 4.69) is 5.32 Å². The van der Waals surface area contributed by atoms with Crippen LogP contribution in [-0.4, -0.2) is 42.8 Å². The molecule has 0 radical (unpaired) electrons. The topological polar surface area (TPSA) is 84.9 Å². The predicted molar refractivity (Wildman–Crippen MR) is 102 cm³/mol. The number of para-hydroxylation sites is 1. The van der Waals surface area contributed by atoms with Crippen molar-refractivity contribution in [1.29, 1.82) is 0 Å². The number of nitrogens with zero attached hydrogens (tertiary/aromatic N) is 1. The fourth-order valence-electron chi connectivity index (χ4n) is 2.93. The number of ether oxygens (including phenoxy) is 2. The normalized spacial score (nSPS) is 16.3. The Hall–Kier alpha value is -2.57. The van der Waals surface area contributed by atoms with Crippen molar-refractivity contribution in [3.8, 4) is 0 Å². The molecule has 1 aliphatic rings. The Morgan fingerprint density at radius 3 is 2.63 bits per heavy atom. The van der Waals surface area contributed by atoms with Gasteiger partial charge in [-0.05, 0) is 52.2 Å². The van der Waals surface area contributed by atoms with Gasteiger partial charge in [0.05, 0.1) is 6.42 Å². The van der Waals surface area contributed by atoms with E-state index in [1.807, 2.05) is 31.2 Å². The first-order valence-corrected chi connectivity index (χ1v) is 9.20. The minimum Gasteiger partial charge on any atom is -0.455 e. The van der Waals surface area contributed by atoms with Crippen LogP contribution in [0.3, 0.4) is 0 Å². The van der Waals surface area contributed by atoms with Gasteiger partial charge in [-0.1, -0.05) is 18.2 Å². The van der Waals surface area contributed by atoms with Crippen molar-refractivity contribution in [1.82, 2.24) is 5.32 Å². The first-order valence-electron chi connectivity index (χ1n) is 9.20. The molecule has 1 N–H and O–H groups in total. The summed E-state index contributed by atoms with van der Waals surface area (Å²) in [5, 5.41) is 2.48. The second-order valence-corrected chi connectivity index (χ2v) is 7.62. The molecule has 2 rings (SSSR count). The highest BCUT2D eigenvalue weighted by atomic mass is 16.6. The second kappa shape index (κ2) is 8.88. The number of hydrogen-bond donors (Lipinski definition) is 1. The van der Waals surface area contributed by atoms with Crippen LogP contribution < -0.4 is 10.2 Å². The summed E-state index contributed by atoms with van der Waals surface area (Å²) >= 11 is 0. The highest BCUT2D eigenvalue weighted by Crippen LogP contribution is 2.30. The molecule has 0 saturated heterocycles. The number of carbonyl (C=O) groups excluding carboxylic acids is 3. The molecule has 0 saturated carbocycles. The molecule has 148 valence electrons. The Kier molecular flexibility index (Phi) is 6.82. The Labute approximate surface area is 160 Å². The van der Waals surface area contributed by atoms with Crippen molar-refractivity contribution in [2.45, 2.75) is 58.6 Å². The summed E-state index contributed by atoms with van der Waals surface area (Å²) < 4.78 is 10.2. The minimum atomic E-state index is -0.599. The molecule has 0 spiro atoms. The zero-order valence-electron chi connectivity index (χ0n) is 16.4. The van der Waals surface area contributed by atoms with Crippen molar-refractivity contribution in [3.63, 3.8) is 0 Å².